The number of carboxylic acids is 1. The smallest absolute Gasteiger partial charge is 0.306 e. The summed E-state index contributed by atoms with van der Waals surface area (Å²) in [6.07, 6.45) is 9.51. The van der Waals surface area contributed by atoms with Crippen molar-refractivity contribution in [1.82, 2.24) is 10.3 Å². The molecule has 2 aliphatic carbocycles. The van der Waals surface area contributed by atoms with Crippen LogP contribution in [0.5, 0.6) is 0 Å². The molecule has 2 unspecified atom stereocenters. The molecule has 0 spiro atoms. The Morgan fingerprint density at radius 1 is 0.970 bits per heavy atom. The average Bonchev–Trinajstić information content (AvgIpc) is 2.78. The molecule has 0 aliphatic heterocycles. The van der Waals surface area contributed by atoms with E-state index in [0.29, 0.717) is 29.9 Å². The maximum Gasteiger partial charge on any atom is 0.306 e. The van der Waals surface area contributed by atoms with Gasteiger partial charge in [-0.1, -0.05) is 33.3 Å². The van der Waals surface area contributed by atoms with Crippen molar-refractivity contribution in [2.24, 2.45) is 17.3 Å². The van der Waals surface area contributed by atoms with Gasteiger partial charge in [-0.25, -0.2) is 4.98 Å². The van der Waals surface area contributed by atoms with E-state index in [1.54, 1.807) is 0 Å². The van der Waals surface area contributed by atoms with E-state index in [0.717, 1.165) is 48.2 Å². The number of fused-ring (bicyclic) bond motifs is 1. The Balaban J connectivity index is 1.40. The summed E-state index contributed by atoms with van der Waals surface area (Å²) in [5.41, 5.74) is 0.970. The standard InChI is InChI=1S/C27H37N3O3/c1-27(2,3)21-9-11-22(12-10-21)29-24-15-20-13-17(7-8-19(20)16-28-24)25(31)30-23-6-4-5-18(14-23)26(32)33/h7-8,13,15-16,18,21-23H,4-6,9-12,14H2,1-3H3,(H,28,29)(H,30,31)(H,32,33). The van der Waals surface area contributed by atoms with Crippen LogP contribution < -0.4 is 10.6 Å². The van der Waals surface area contributed by atoms with Crippen LogP contribution in [0.25, 0.3) is 10.8 Å². The molecule has 0 bridgehead atoms. The van der Waals surface area contributed by atoms with Gasteiger partial charge in [0.2, 0.25) is 0 Å². The van der Waals surface area contributed by atoms with Gasteiger partial charge >= 0.3 is 5.97 Å². The summed E-state index contributed by atoms with van der Waals surface area (Å²) in [7, 11) is 0. The second-order valence-electron chi connectivity index (χ2n) is 11.1. The van der Waals surface area contributed by atoms with Crippen LogP contribution in [0.15, 0.2) is 30.5 Å². The van der Waals surface area contributed by atoms with Crippen LogP contribution in [0.3, 0.4) is 0 Å². The number of nitrogens with one attached hydrogen (secondary N) is 2. The molecule has 6 nitrogen and oxygen atoms in total. The van der Waals surface area contributed by atoms with Gasteiger partial charge in [0, 0.05) is 29.2 Å². The number of carboxylic acid groups (broad SMARTS) is 1. The number of hydrogen-bond donors (Lipinski definition) is 3. The van der Waals surface area contributed by atoms with Crippen LogP contribution in [0, 0.1) is 17.3 Å². The number of hydrogen-bond acceptors (Lipinski definition) is 4. The van der Waals surface area contributed by atoms with Gasteiger partial charge in [-0.15, -0.1) is 0 Å². The molecule has 178 valence electrons. The Morgan fingerprint density at radius 2 is 1.73 bits per heavy atom. The van der Waals surface area contributed by atoms with Crippen LogP contribution in [-0.2, 0) is 4.79 Å². The first kappa shape index (κ1) is 23.5. The van der Waals surface area contributed by atoms with E-state index in [9.17, 15) is 14.7 Å². The lowest BCUT2D eigenvalue weighted by atomic mass is 9.71. The highest BCUT2D eigenvalue weighted by molar-refractivity contribution is 5.99. The minimum atomic E-state index is -0.765. The highest BCUT2D eigenvalue weighted by Crippen LogP contribution is 2.38. The molecule has 1 heterocycles. The van der Waals surface area contributed by atoms with Crippen LogP contribution in [-0.4, -0.2) is 34.1 Å². The fourth-order valence-electron chi connectivity index (χ4n) is 5.49. The minimum absolute atomic E-state index is 0.0825. The van der Waals surface area contributed by atoms with Crippen molar-refractivity contribution in [3.05, 3.63) is 36.0 Å². The number of amides is 1. The lowest BCUT2D eigenvalue weighted by Gasteiger charge is -2.37. The molecular weight excluding hydrogens is 414 g/mol. The van der Waals surface area contributed by atoms with Crippen molar-refractivity contribution < 1.29 is 14.7 Å². The van der Waals surface area contributed by atoms with E-state index >= 15 is 0 Å². The number of carbonyl (C=O) groups is 2. The molecule has 3 N–H and O–H groups in total. The van der Waals surface area contributed by atoms with E-state index < -0.39 is 5.97 Å². The first-order valence-corrected chi connectivity index (χ1v) is 12.4. The molecule has 1 aromatic carbocycles. The van der Waals surface area contributed by atoms with E-state index in [-0.39, 0.29) is 17.9 Å². The zero-order valence-corrected chi connectivity index (χ0v) is 20.1. The van der Waals surface area contributed by atoms with Gasteiger partial charge in [0.05, 0.1) is 5.92 Å². The predicted molar refractivity (Wildman–Crippen MR) is 131 cm³/mol. The van der Waals surface area contributed by atoms with Gasteiger partial charge < -0.3 is 15.7 Å². The summed E-state index contributed by atoms with van der Waals surface area (Å²) >= 11 is 0. The van der Waals surface area contributed by atoms with Crippen molar-refractivity contribution >= 4 is 28.5 Å². The zero-order chi connectivity index (χ0) is 23.6. The van der Waals surface area contributed by atoms with Crippen molar-refractivity contribution in [3.8, 4) is 0 Å². The first-order chi connectivity index (χ1) is 15.7. The number of nitrogens with zero attached hydrogens (tertiary/aromatic N) is 1. The lowest BCUT2D eigenvalue weighted by molar-refractivity contribution is -0.143. The molecule has 33 heavy (non-hydrogen) atoms. The van der Waals surface area contributed by atoms with Gasteiger partial charge in [-0.2, -0.15) is 0 Å². The number of pyridine rings is 1. The molecule has 2 fully saturated rings. The number of aliphatic carboxylic acids is 1. The molecule has 0 saturated heterocycles. The maximum absolute atomic E-state index is 12.9. The van der Waals surface area contributed by atoms with E-state index in [2.05, 4.69) is 36.4 Å². The van der Waals surface area contributed by atoms with Crippen LogP contribution in [0.1, 0.15) is 82.5 Å². The van der Waals surface area contributed by atoms with E-state index in [1.807, 2.05) is 30.5 Å². The Kier molecular flexibility index (Phi) is 6.91. The molecule has 0 radical (unpaired) electrons. The second kappa shape index (κ2) is 9.70. The number of carbonyl (C=O) groups excluding carboxylic acids is 1. The molecule has 4 rings (SSSR count). The molecule has 2 atom stereocenters. The lowest BCUT2D eigenvalue weighted by Crippen LogP contribution is -2.39. The van der Waals surface area contributed by atoms with Crippen molar-refractivity contribution in [2.75, 3.05) is 5.32 Å². The van der Waals surface area contributed by atoms with Crippen LogP contribution in [0.4, 0.5) is 5.82 Å². The van der Waals surface area contributed by atoms with Crippen LogP contribution in [0.2, 0.25) is 0 Å². The largest absolute Gasteiger partial charge is 0.481 e. The summed E-state index contributed by atoms with van der Waals surface area (Å²) in [5, 5.41) is 17.9. The molecule has 2 aliphatic rings. The van der Waals surface area contributed by atoms with Crippen molar-refractivity contribution in [1.29, 1.82) is 0 Å². The van der Waals surface area contributed by atoms with Crippen molar-refractivity contribution in [3.63, 3.8) is 0 Å². The molecule has 6 heteroatoms. The zero-order valence-electron chi connectivity index (χ0n) is 20.1. The molecule has 1 amide bonds. The quantitative estimate of drug-likeness (QED) is 0.548. The summed E-state index contributed by atoms with van der Waals surface area (Å²) in [6, 6.07) is 8.04. The second-order valence-corrected chi connectivity index (χ2v) is 11.1. The minimum Gasteiger partial charge on any atom is -0.481 e. The summed E-state index contributed by atoms with van der Waals surface area (Å²) in [5.74, 6) is 0.365. The van der Waals surface area contributed by atoms with Gasteiger partial charge in [-0.3, -0.25) is 9.59 Å². The van der Waals surface area contributed by atoms with Gasteiger partial charge in [-0.05, 0) is 79.9 Å². The summed E-state index contributed by atoms with van der Waals surface area (Å²) in [4.78, 5) is 28.8. The van der Waals surface area contributed by atoms with Crippen LogP contribution >= 0.6 is 0 Å². The third-order valence-electron chi connectivity index (χ3n) is 7.65. The normalized spacial score (nSPS) is 26.0. The van der Waals surface area contributed by atoms with E-state index in [1.165, 1.54) is 12.8 Å². The molecule has 1 aromatic heterocycles. The third kappa shape index (κ3) is 5.84. The predicted octanol–water partition coefficient (Wildman–Crippen LogP) is 5.62. The molecule has 2 aromatic rings. The number of rotatable bonds is 5. The van der Waals surface area contributed by atoms with Gasteiger partial charge in [0.15, 0.2) is 0 Å². The number of anilines is 1. The Labute approximate surface area is 196 Å². The van der Waals surface area contributed by atoms with Crippen molar-refractivity contribution in [2.45, 2.75) is 84.2 Å². The third-order valence-corrected chi connectivity index (χ3v) is 7.65. The fraction of sp³-hybridized carbons (Fsp3) is 0.593. The number of aromatic nitrogens is 1. The highest BCUT2D eigenvalue weighted by Gasteiger charge is 2.30. The Morgan fingerprint density at radius 3 is 2.42 bits per heavy atom. The molecular formula is C27H37N3O3. The average molecular weight is 452 g/mol. The highest BCUT2D eigenvalue weighted by atomic mass is 16.4. The Hall–Kier alpha value is -2.63. The van der Waals surface area contributed by atoms with Gasteiger partial charge in [0.1, 0.15) is 5.82 Å². The fourth-order valence-corrected chi connectivity index (χ4v) is 5.49. The first-order valence-electron chi connectivity index (χ1n) is 12.4. The summed E-state index contributed by atoms with van der Waals surface area (Å²) < 4.78 is 0. The van der Waals surface area contributed by atoms with Gasteiger partial charge in [0.25, 0.3) is 5.91 Å². The SMILES string of the molecule is CC(C)(C)C1CCC(Nc2cc3cc(C(=O)NC4CCCC(C(=O)O)C4)ccc3cn2)CC1. The van der Waals surface area contributed by atoms with E-state index in [4.69, 9.17) is 0 Å². The maximum atomic E-state index is 12.9. The summed E-state index contributed by atoms with van der Waals surface area (Å²) in [6.45, 7) is 7.01. The Bertz CT molecular complexity index is 1010. The monoisotopic (exact) mass is 451 g/mol. The number of benzene rings is 1. The molecule has 2 saturated carbocycles. The topological polar surface area (TPSA) is 91.3 Å².